The Bertz CT molecular complexity index is 854. The molecule has 1 N–H and O–H groups in total. The zero-order chi connectivity index (χ0) is 18.2. The van der Waals surface area contributed by atoms with Gasteiger partial charge in [-0.3, -0.25) is 4.79 Å². The lowest BCUT2D eigenvalue weighted by molar-refractivity contribution is 0.0948. The van der Waals surface area contributed by atoms with Crippen LogP contribution in [0.4, 0.5) is 0 Å². The van der Waals surface area contributed by atoms with Crippen LogP contribution in [-0.2, 0) is 13.0 Å². The molecule has 1 aromatic heterocycles. The summed E-state index contributed by atoms with van der Waals surface area (Å²) in [4.78, 5) is 20.3. The number of amides is 1. The van der Waals surface area contributed by atoms with E-state index in [4.69, 9.17) is 16.3 Å². The average Bonchev–Trinajstić information content (AvgIpc) is 2.69. The number of ether oxygens (including phenoxy) is 1. The Kier molecular flexibility index (Phi) is 6.17. The molecule has 2 aromatic carbocycles. The molecular weight excluding hydrogens is 350 g/mol. The molecule has 1 amide bonds. The van der Waals surface area contributed by atoms with Gasteiger partial charge in [0, 0.05) is 17.6 Å². The molecule has 6 heteroatoms. The minimum Gasteiger partial charge on any atom is -0.473 e. The topological polar surface area (TPSA) is 64.1 Å². The van der Waals surface area contributed by atoms with Gasteiger partial charge >= 0.3 is 0 Å². The first-order chi connectivity index (χ1) is 12.7. The third-order valence-electron chi connectivity index (χ3n) is 3.72. The number of carbonyl (C=O) groups excluding carboxylic acids is 1. The predicted molar refractivity (Wildman–Crippen MR) is 100 cm³/mol. The maximum absolute atomic E-state index is 12.2. The molecule has 0 aliphatic heterocycles. The van der Waals surface area contributed by atoms with E-state index in [2.05, 4.69) is 15.3 Å². The van der Waals surface area contributed by atoms with E-state index in [-0.39, 0.29) is 11.6 Å². The van der Waals surface area contributed by atoms with Crippen molar-refractivity contribution in [2.45, 2.75) is 13.0 Å². The number of aromatic nitrogens is 2. The largest absolute Gasteiger partial charge is 0.473 e. The first-order valence-corrected chi connectivity index (χ1v) is 8.60. The molecule has 0 aliphatic carbocycles. The Balaban J connectivity index is 1.51. The van der Waals surface area contributed by atoms with Crippen LogP contribution in [-0.4, -0.2) is 22.4 Å². The van der Waals surface area contributed by atoms with Crippen molar-refractivity contribution in [1.29, 1.82) is 0 Å². The van der Waals surface area contributed by atoms with Crippen LogP contribution in [0, 0.1) is 0 Å². The van der Waals surface area contributed by atoms with Crippen LogP contribution in [0.1, 0.15) is 21.6 Å². The minimum atomic E-state index is -0.258. The molecule has 0 fully saturated rings. The molecule has 5 nitrogen and oxygen atoms in total. The number of nitrogens with one attached hydrogen (secondary N) is 1. The normalized spacial score (nSPS) is 10.3. The van der Waals surface area contributed by atoms with Crippen molar-refractivity contribution in [3.63, 3.8) is 0 Å². The average molecular weight is 368 g/mol. The molecule has 0 saturated heterocycles. The SMILES string of the molecule is O=C(NCCc1ccc(Cl)cc1)c1cc(OCc2ccccc2)ncn1. The molecule has 26 heavy (non-hydrogen) atoms. The fourth-order valence-corrected chi connectivity index (χ4v) is 2.46. The van der Waals surface area contributed by atoms with E-state index in [1.165, 1.54) is 6.33 Å². The van der Waals surface area contributed by atoms with E-state index in [1.54, 1.807) is 6.07 Å². The van der Waals surface area contributed by atoms with Crippen molar-refractivity contribution in [3.8, 4) is 5.88 Å². The fraction of sp³-hybridized carbons (Fsp3) is 0.150. The second-order valence-electron chi connectivity index (χ2n) is 5.65. The van der Waals surface area contributed by atoms with Gasteiger partial charge in [-0.2, -0.15) is 0 Å². The van der Waals surface area contributed by atoms with Crippen molar-refractivity contribution in [3.05, 3.63) is 88.8 Å². The van der Waals surface area contributed by atoms with E-state index in [0.717, 1.165) is 11.1 Å². The first-order valence-electron chi connectivity index (χ1n) is 8.22. The van der Waals surface area contributed by atoms with Crippen LogP contribution in [0.5, 0.6) is 5.88 Å². The van der Waals surface area contributed by atoms with Gasteiger partial charge in [0.1, 0.15) is 18.6 Å². The standard InChI is InChI=1S/C20H18ClN3O2/c21-17-8-6-15(7-9-17)10-11-22-20(25)18-12-19(24-14-23-18)26-13-16-4-2-1-3-5-16/h1-9,12,14H,10-11,13H2,(H,22,25). The molecule has 3 rings (SSSR count). The lowest BCUT2D eigenvalue weighted by Gasteiger charge is -2.07. The number of carbonyl (C=O) groups is 1. The molecule has 0 unspecified atom stereocenters. The molecule has 0 bridgehead atoms. The van der Waals surface area contributed by atoms with Crippen molar-refractivity contribution in [2.75, 3.05) is 6.54 Å². The maximum Gasteiger partial charge on any atom is 0.270 e. The van der Waals surface area contributed by atoms with Gasteiger partial charge in [0.25, 0.3) is 5.91 Å². The molecule has 3 aromatic rings. The fourth-order valence-electron chi connectivity index (χ4n) is 2.34. The van der Waals surface area contributed by atoms with Gasteiger partial charge in [-0.25, -0.2) is 9.97 Å². The molecule has 1 heterocycles. The molecule has 0 radical (unpaired) electrons. The predicted octanol–water partition coefficient (Wildman–Crippen LogP) is 3.68. The Morgan fingerprint density at radius 1 is 1.00 bits per heavy atom. The van der Waals surface area contributed by atoms with Crippen LogP contribution < -0.4 is 10.1 Å². The number of halogens is 1. The number of hydrogen-bond donors (Lipinski definition) is 1. The van der Waals surface area contributed by atoms with Crippen molar-refractivity contribution in [1.82, 2.24) is 15.3 Å². The van der Waals surface area contributed by atoms with Gasteiger partial charge in [0.15, 0.2) is 0 Å². The highest BCUT2D eigenvalue weighted by molar-refractivity contribution is 6.30. The summed E-state index contributed by atoms with van der Waals surface area (Å²) in [6.07, 6.45) is 2.04. The van der Waals surface area contributed by atoms with Crippen LogP contribution in [0.2, 0.25) is 5.02 Å². The number of hydrogen-bond acceptors (Lipinski definition) is 4. The first kappa shape index (κ1) is 17.9. The number of nitrogens with zero attached hydrogens (tertiary/aromatic N) is 2. The monoisotopic (exact) mass is 367 g/mol. The molecule has 0 spiro atoms. The van der Waals surface area contributed by atoms with Gasteiger partial charge in [-0.05, 0) is 29.7 Å². The van der Waals surface area contributed by atoms with Crippen molar-refractivity contribution >= 4 is 17.5 Å². The Hall–Kier alpha value is -2.92. The second-order valence-corrected chi connectivity index (χ2v) is 6.08. The Labute approximate surface area is 157 Å². The molecule has 0 atom stereocenters. The summed E-state index contributed by atoms with van der Waals surface area (Å²) in [5, 5.41) is 3.54. The molecular formula is C20H18ClN3O2. The summed E-state index contributed by atoms with van der Waals surface area (Å²) >= 11 is 5.86. The van der Waals surface area contributed by atoms with E-state index in [0.29, 0.717) is 30.5 Å². The summed E-state index contributed by atoms with van der Waals surface area (Å²) in [6.45, 7) is 0.889. The lowest BCUT2D eigenvalue weighted by Crippen LogP contribution is -2.26. The number of rotatable bonds is 7. The summed E-state index contributed by atoms with van der Waals surface area (Å²) < 4.78 is 5.62. The van der Waals surface area contributed by atoms with Crippen LogP contribution in [0.3, 0.4) is 0 Å². The zero-order valence-electron chi connectivity index (χ0n) is 14.1. The highest BCUT2D eigenvalue weighted by Crippen LogP contribution is 2.11. The molecule has 0 aliphatic rings. The van der Waals surface area contributed by atoms with E-state index in [9.17, 15) is 4.79 Å². The van der Waals surface area contributed by atoms with E-state index >= 15 is 0 Å². The summed E-state index contributed by atoms with van der Waals surface area (Å²) in [6, 6.07) is 18.8. The summed E-state index contributed by atoms with van der Waals surface area (Å²) in [7, 11) is 0. The van der Waals surface area contributed by atoms with Crippen molar-refractivity contribution in [2.24, 2.45) is 0 Å². The van der Waals surface area contributed by atoms with Gasteiger partial charge in [0.05, 0.1) is 0 Å². The van der Waals surface area contributed by atoms with Crippen molar-refractivity contribution < 1.29 is 9.53 Å². The summed E-state index contributed by atoms with van der Waals surface area (Å²) in [5.74, 6) is 0.109. The quantitative estimate of drug-likeness (QED) is 0.691. The van der Waals surface area contributed by atoms with Gasteiger partial charge in [0.2, 0.25) is 5.88 Å². The third-order valence-corrected chi connectivity index (χ3v) is 3.97. The molecule has 132 valence electrons. The van der Waals surface area contributed by atoms with Gasteiger partial charge in [-0.15, -0.1) is 0 Å². The third kappa shape index (κ3) is 5.29. The lowest BCUT2D eigenvalue weighted by atomic mass is 10.1. The number of benzene rings is 2. The Morgan fingerprint density at radius 2 is 1.77 bits per heavy atom. The zero-order valence-corrected chi connectivity index (χ0v) is 14.8. The van der Waals surface area contributed by atoms with Crippen LogP contribution >= 0.6 is 11.6 Å². The summed E-state index contributed by atoms with van der Waals surface area (Å²) in [5.41, 5.74) is 2.41. The second kappa shape index (κ2) is 8.97. The highest BCUT2D eigenvalue weighted by atomic mass is 35.5. The van der Waals surface area contributed by atoms with Gasteiger partial charge in [-0.1, -0.05) is 54.1 Å². The Morgan fingerprint density at radius 3 is 2.54 bits per heavy atom. The van der Waals surface area contributed by atoms with Crippen LogP contribution in [0.15, 0.2) is 67.0 Å². The molecule has 0 saturated carbocycles. The highest BCUT2D eigenvalue weighted by Gasteiger charge is 2.09. The maximum atomic E-state index is 12.2. The van der Waals surface area contributed by atoms with Gasteiger partial charge < -0.3 is 10.1 Å². The van der Waals surface area contributed by atoms with Crippen LogP contribution in [0.25, 0.3) is 0 Å². The van der Waals surface area contributed by atoms with E-state index in [1.807, 2.05) is 54.6 Å². The smallest absolute Gasteiger partial charge is 0.270 e. The van der Waals surface area contributed by atoms with E-state index < -0.39 is 0 Å². The minimum absolute atomic E-state index is 0.258.